The van der Waals surface area contributed by atoms with Gasteiger partial charge in [0.15, 0.2) is 0 Å². The molecule has 0 radical (unpaired) electrons. The summed E-state index contributed by atoms with van der Waals surface area (Å²) in [7, 11) is 0. The zero-order valence-corrected chi connectivity index (χ0v) is 19.7. The van der Waals surface area contributed by atoms with E-state index < -0.39 is 23.8 Å². The molecule has 3 aliphatic heterocycles. The van der Waals surface area contributed by atoms with Gasteiger partial charge >= 0.3 is 0 Å². The molecule has 0 spiro atoms. The average Bonchev–Trinajstić information content (AvgIpc) is 3.43. The van der Waals surface area contributed by atoms with Crippen LogP contribution in [-0.4, -0.2) is 62.5 Å². The maximum absolute atomic E-state index is 13.1. The quantitative estimate of drug-likeness (QED) is 0.560. The van der Waals surface area contributed by atoms with E-state index in [1.807, 2.05) is 6.07 Å². The van der Waals surface area contributed by atoms with Crippen molar-refractivity contribution in [3.05, 3.63) is 58.4 Å². The molecule has 4 amide bonds. The Labute approximate surface area is 205 Å². The monoisotopic (exact) mass is 489 g/mol. The number of benzene rings is 1. The molecule has 9 nitrogen and oxygen atoms in total. The second kappa shape index (κ2) is 8.62. The molecule has 1 atom stereocenters. The minimum atomic E-state index is -0.945. The van der Waals surface area contributed by atoms with Crippen molar-refractivity contribution in [1.82, 2.24) is 25.1 Å². The lowest BCUT2D eigenvalue weighted by Crippen LogP contribution is -2.54. The minimum absolute atomic E-state index is 0.109. The Morgan fingerprint density at radius 3 is 2.57 bits per heavy atom. The van der Waals surface area contributed by atoms with Crippen molar-refractivity contribution in [2.24, 2.45) is 0 Å². The van der Waals surface area contributed by atoms with Gasteiger partial charge in [-0.1, -0.05) is 6.07 Å². The number of piperidine rings is 2. The fourth-order valence-electron chi connectivity index (χ4n) is 5.37. The third-order valence-corrected chi connectivity index (χ3v) is 8.00. The molecule has 3 aliphatic rings. The van der Waals surface area contributed by atoms with E-state index in [0.29, 0.717) is 23.6 Å². The molecular weight excluding hydrogens is 466 g/mol. The number of nitrogens with one attached hydrogen (secondary N) is 1. The molecular formula is C25H23N5O4S. The topological polar surface area (TPSA) is 113 Å². The zero-order chi connectivity index (χ0) is 24.1. The number of imide groups is 2. The van der Waals surface area contributed by atoms with Crippen molar-refractivity contribution in [2.45, 2.75) is 44.2 Å². The zero-order valence-electron chi connectivity index (χ0n) is 18.9. The van der Waals surface area contributed by atoms with Gasteiger partial charge in [-0.05, 0) is 61.5 Å². The van der Waals surface area contributed by atoms with Crippen LogP contribution < -0.4 is 5.32 Å². The molecule has 0 aliphatic carbocycles. The maximum Gasteiger partial charge on any atom is 0.262 e. The minimum Gasteiger partial charge on any atom is -0.299 e. The molecule has 178 valence electrons. The van der Waals surface area contributed by atoms with Gasteiger partial charge in [-0.3, -0.25) is 34.3 Å². The number of amides is 4. The lowest BCUT2D eigenvalue weighted by molar-refractivity contribution is -0.136. The molecule has 1 aromatic carbocycles. The van der Waals surface area contributed by atoms with Crippen LogP contribution in [0.3, 0.4) is 0 Å². The maximum atomic E-state index is 13.1. The van der Waals surface area contributed by atoms with E-state index in [9.17, 15) is 19.2 Å². The summed E-state index contributed by atoms with van der Waals surface area (Å²) in [6.45, 7) is 2.50. The molecule has 2 saturated heterocycles. The number of fused-ring (bicyclic) bond motifs is 2. The highest BCUT2D eigenvalue weighted by molar-refractivity contribution is 7.16. The Hall–Kier alpha value is -3.50. The van der Waals surface area contributed by atoms with E-state index in [-0.39, 0.29) is 18.7 Å². The normalized spacial score (nSPS) is 21.6. The largest absolute Gasteiger partial charge is 0.299 e. The first-order valence-electron chi connectivity index (χ1n) is 11.7. The van der Waals surface area contributed by atoms with Gasteiger partial charge in [-0.15, -0.1) is 11.3 Å². The summed E-state index contributed by atoms with van der Waals surface area (Å²) in [5.74, 6) is -1.52. The van der Waals surface area contributed by atoms with E-state index in [0.717, 1.165) is 52.3 Å². The number of likely N-dealkylation sites (tertiary alicyclic amines) is 1. The Balaban J connectivity index is 1.14. The summed E-state index contributed by atoms with van der Waals surface area (Å²) in [5, 5.41) is 5.43. The highest BCUT2D eigenvalue weighted by Crippen LogP contribution is 2.33. The lowest BCUT2D eigenvalue weighted by Gasteiger charge is -2.32. The SMILES string of the molecule is O=C1CCC(N2C(=O)c3ccc(CN4CCC(c5ncnc6sccc56)CC4)cc3C2=O)C(=O)N1. The summed E-state index contributed by atoms with van der Waals surface area (Å²) in [5.41, 5.74) is 2.72. The first-order chi connectivity index (χ1) is 17.0. The number of hydrogen-bond donors (Lipinski definition) is 1. The molecule has 2 fully saturated rings. The summed E-state index contributed by atoms with van der Waals surface area (Å²) in [6, 6.07) is 6.48. The van der Waals surface area contributed by atoms with Crippen LogP contribution in [0.2, 0.25) is 0 Å². The van der Waals surface area contributed by atoms with Crippen molar-refractivity contribution in [3.63, 3.8) is 0 Å². The predicted molar refractivity (Wildman–Crippen MR) is 128 cm³/mol. The Morgan fingerprint density at radius 1 is 0.971 bits per heavy atom. The van der Waals surface area contributed by atoms with Crippen molar-refractivity contribution < 1.29 is 19.2 Å². The molecule has 2 aromatic heterocycles. The predicted octanol–water partition coefficient (Wildman–Crippen LogP) is 2.47. The Bertz CT molecular complexity index is 1380. The molecule has 1 N–H and O–H groups in total. The summed E-state index contributed by atoms with van der Waals surface area (Å²) < 4.78 is 0. The second-order valence-corrected chi connectivity index (χ2v) is 10.2. The number of aromatic nitrogens is 2. The van der Waals surface area contributed by atoms with Gasteiger partial charge in [0.1, 0.15) is 17.2 Å². The molecule has 0 bridgehead atoms. The number of rotatable bonds is 4. The van der Waals surface area contributed by atoms with Crippen molar-refractivity contribution in [1.29, 1.82) is 0 Å². The number of hydrogen-bond acceptors (Lipinski definition) is 8. The molecule has 0 saturated carbocycles. The van der Waals surface area contributed by atoms with Crippen LogP contribution in [0.1, 0.15) is 63.6 Å². The lowest BCUT2D eigenvalue weighted by atomic mass is 9.91. The van der Waals surface area contributed by atoms with Gasteiger partial charge in [0.2, 0.25) is 11.8 Å². The van der Waals surface area contributed by atoms with Crippen LogP contribution in [0.4, 0.5) is 0 Å². The summed E-state index contributed by atoms with van der Waals surface area (Å²) in [4.78, 5) is 63.0. The van der Waals surface area contributed by atoms with Crippen LogP contribution in [0.5, 0.6) is 0 Å². The van der Waals surface area contributed by atoms with Crippen LogP contribution in [0.25, 0.3) is 10.2 Å². The fourth-order valence-corrected chi connectivity index (χ4v) is 6.11. The molecule has 6 rings (SSSR count). The third-order valence-electron chi connectivity index (χ3n) is 7.18. The smallest absolute Gasteiger partial charge is 0.262 e. The van der Waals surface area contributed by atoms with Crippen LogP contribution >= 0.6 is 11.3 Å². The first-order valence-corrected chi connectivity index (χ1v) is 12.6. The second-order valence-electron chi connectivity index (χ2n) is 9.28. The molecule has 35 heavy (non-hydrogen) atoms. The molecule has 5 heterocycles. The number of thiophene rings is 1. The highest BCUT2D eigenvalue weighted by atomic mass is 32.1. The molecule has 10 heteroatoms. The highest BCUT2D eigenvalue weighted by Gasteiger charge is 2.44. The van der Waals surface area contributed by atoms with Crippen molar-refractivity contribution in [2.75, 3.05) is 13.1 Å². The van der Waals surface area contributed by atoms with Gasteiger partial charge in [-0.2, -0.15) is 0 Å². The number of carbonyl (C=O) groups is 4. The fraction of sp³-hybridized carbons (Fsp3) is 0.360. The summed E-state index contributed by atoms with van der Waals surface area (Å²) >= 11 is 1.63. The van der Waals surface area contributed by atoms with Gasteiger partial charge < -0.3 is 0 Å². The molecule has 1 unspecified atom stereocenters. The summed E-state index contributed by atoms with van der Waals surface area (Å²) in [6.07, 6.45) is 3.91. The average molecular weight is 490 g/mol. The Kier molecular flexibility index (Phi) is 5.42. The van der Waals surface area contributed by atoms with E-state index in [2.05, 4.69) is 31.6 Å². The van der Waals surface area contributed by atoms with E-state index >= 15 is 0 Å². The van der Waals surface area contributed by atoms with Crippen molar-refractivity contribution >= 4 is 45.2 Å². The van der Waals surface area contributed by atoms with Crippen LogP contribution in [0.15, 0.2) is 36.0 Å². The van der Waals surface area contributed by atoms with Crippen LogP contribution in [0, 0.1) is 0 Å². The van der Waals surface area contributed by atoms with Gasteiger partial charge in [0.25, 0.3) is 11.8 Å². The van der Waals surface area contributed by atoms with Gasteiger partial charge in [0.05, 0.1) is 16.8 Å². The third kappa shape index (κ3) is 3.82. The van der Waals surface area contributed by atoms with Crippen LogP contribution in [-0.2, 0) is 16.1 Å². The Morgan fingerprint density at radius 2 is 1.77 bits per heavy atom. The van der Waals surface area contributed by atoms with Gasteiger partial charge in [0, 0.05) is 24.3 Å². The first kappa shape index (κ1) is 22.0. The standard InChI is InChI=1S/C25H23N5O4S/c31-20-4-3-19(22(32)28-20)30-24(33)16-2-1-14(11-18(16)25(30)34)12-29-8-5-15(6-9-29)21-17-7-10-35-23(17)27-13-26-21/h1-2,7,10-11,13,15,19H,3-6,8-9,12H2,(H,28,31,32). The van der Waals surface area contributed by atoms with E-state index in [1.54, 1.807) is 29.8 Å². The molecule has 3 aromatic rings. The van der Waals surface area contributed by atoms with Gasteiger partial charge in [-0.25, -0.2) is 9.97 Å². The van der Waals surface area contributed by atoms with Crippen molar-refractivity contribution in [3.8, 4) is 0 Å². The van der Waals surface area contributed by atoms with E-state index in [4.69, 9.17) is 0 Å². The number of nitrogens with zero attached hydrogens (tertiary/aromatic N) is 4. The van der Waals surface area contributed by atoms with E-state index in [1.165, 1.54) is 0 Å². The number of carbonyl (C=O) groups excluding carboxylic acids is 4.